The first-order valence-corrected chi connectivity index (χ1v) is 3.79. The van der Waals surface area contributed by atoms with Gasteiger partial charge in [-0.1, -0.05) is 0 Å². The molecule has 3 nitrogen and oxygen atoms in total. The molecular weight excluding hydrogens is 128 g/mol. The molecule has 58 valence electrons. The molecule has 1 unspecified atom stereocenters. The Hall–Kier alpha value is -0.540. The highest BCUT2D eigenvalue weighted by Gasteiger charge is 2.11. The van der Waals surface area contributed by atoms with E-state index in [0.717, 1.165) is 25.2 Å². The number of hydroxylamine groups is 1. The topological polar surface area (TPSA) is 36.7 Å². The van der Waals surface area contributed by atoms with Gasteiger partial charge in [0.2, 0.25) is 0 Å². The molecule has 0 saturated heterocycles. The van der Waals surface area contributed by atoms with Crippen LogP contribution in [0.25, 0.3) is 0 Å². The minimum absolute atomic E-state index is 0.970. The van der Waals surface area contributed by atoms with E-state index in [4.69, 9.17) is 5.21 Å². The van der Waals surface area contributed by atoms with Crippen molar-refractivity contribution in [3.05, 3.63) is 11.8 Å². The summed E-state index contributed by atoms with van der Waals surface area (Å²) in [6, 6.07) is 0. The van der Waals surface area contributed by atoms with Gasteiger partial charge in [0.25, 0.3) is 0 Å². The van der Waals surface area contributed by atoms with Crippen LogP contribution >= 0.6 is 0 Å². The zero-order valence-corrected chi connectivity index (χ0v) is 6.35. The van der Waals surface area contributed by atoms with E-state index >= 15 is 0 Å². The average molecular weight is 143 g/mol. The number of hydrogen-bond donors (Lipinski definition) is 3. The van der Waals surface area contributed by atoms with Crippen LogP contribution in [-0.4, -0.2) is 24.8 Å². The van der Waals surface area contributed by atoms with Crippen molar-refractivity contribution in [1.82, 2.24) is 5.48 Å². The number of quaternary nitrogens is 1. The Morgan fingerprint density at radius 1 is 1.80 bits per heavy atom. The van der Waals surface area contributed by atoms with Gasteiger partial charge in [0.15, 0.2) is 0 Å². The maximum atomic E-state index is 8.52. The highest BCUT2D eigenvalue weighted by atomic mass is 16.5. The lowest BCUT2D eigenvalue weighted by atomic mass is 10.2. The second-order valence-corrected chi connectivity index (χ2v) is 2.65. The predicted octanol–water partition coefficient (Wildman–Crippen LogP) is -0.842. The van der Waals surface area contributed by atoms with Crippen molar-refractivity contribution < 1.29 is 10.1 Å². The van der Waals surface area contributed by atoms with Crippen LogP contribution in [0.3, 0.4) is 0 Å². The summed E-state index contributed by atoms with van der Waals surface area (Å²) in [4.78, 5) is 1.58. The lowest BCUT2D eigenvalue weighted by Crippen LogP contribution is -3.12. The lowest BCUT2D eigenvalue weighted by Gasteiger charge is -2.21. The molecule has 0 aromatic heterocycles. The third-order valence-electron chi connectivity index (χ3n) is 2.03. The minimum atomic E-state index is 0.970. The minimum Gasteiger partial charge on any atom is -0.332 e. The third kappa shape index (κ3) is 1.72. The van der Waals surface area contributed by atoms with Crippen molar-refractivity contribution in [2.75, 3.05) is 19.6 Å². The molecule has 1 rings (SSSR count). The van der Waals surface area contributed by atoms with Gasteiger partial charge in [-0.25, -0.2) is 0 Å². The quantitative estimate of drug-likeness (QED) is 0.441. The van der Waals surface area contributed by atoms with E-state index in [0.29, 0.717) is 0 Å². The second-order valence-electron chi connectivity index (χ2n) is 2.65. The standard InChI is InChI=1S/C7H14N2O/c1-2-9-5-3-7(8-10)4-6-9/h3,8,10H,2,4-6H2,1H3/p+1. The van der Waals surface area contributed by atoms with E-state index in [1.54, 1.807) is 4.90 Å². The second kappa shape index (κ2) is 3.58. The summed E-state index contributed by atoms with van der Waals surface area (Å²) in [5, 5.41) is 8.52. The Kier molecular flexibility index (Phi) is 2.71. The number of likely N-dealkylation sites (N-methyl/N-ethyl adjacent to an activating group) is 1. The van der Waals surface area contributed by atoms with Crippen LogP contribution in [0.15, 0.2) is 11.8 Å². The Balaban J connectivity index is 2.36. The average Bonchev–Trinajstić information content (AvgIpc) is 2.05. The SMILES string of the molecule is CC[NH+]1CC=C(NO)CC1. The van der Waals surface area contributed by atoms with E-state index in [2.05, 4.69) is 18.5 Å². The largest absolute Gasteiger partial charge is 0.332 e. The van der Waals surface area contributed by atoms with Gasteiger partial charge in [-0.3, -0.25) is 10.7 Å². The van der Waals surface area contributed by atoms with Crippen molar-refractivity contribution in [2.24, 2.45) is 0 Å². The van der Waals surface area contributed by atoms with Crippen molar-refractivity contribution in [3.8, 4) is 0 Å². The molecule has 0 fully saturated rings. The van der Waals surface area contributed by atoms with Crippen molar-refractivity contribution in [2.45, 2.75) is 13.3 Å². The molecule has 0 aliphatic carbocycles. The van der Waals surface area contributed by atoms with Gasteiger partial charge < -0.3 is 4.90 Å². The fraction of sp³-hybridized carbons (Fsp3) is 0.714. The Labute approximate surface area is 61.3 Å². The van der Waals surface area contributed by atoms with E-state index in [1.807, 2.05) is 0 Å². The number of hydrogen-bond acceptors (Lipinski definition) is 2. The summed E-state index contributed by atoms with van der Waals surface area (Å²) in [6.45, 7) is 5.53. The van der Waals surface area contributed by atoms with Crippen LogP contribution in [0.5, 0.6) is 0 Å². The first-order chi connectivity index (χ1) is 4.86. The highest BCUT2D eigenvalue weighted by Crippen LogP contribution is 1.94. The van der Waals surface area contributed by atoms with Crippen LogP contribution in [0.4, 0.5) is 0 Å². The summed E-state index contributed by atoms with van der Waals surface area (Å²) in [5.74, 6) is 0. The van der Waals surface area contributed by atoms with Crippen LogP contribution in [0.1, 0.15) is 13.3 Å². The Bertz CT molecular complexity index is 134. The monoisotopic (exact) mass is 143 g/mol. The maximum Gasteiger partial charge on any atom is 0.0978 e. The molecule has 1 atom stereocenters. The highest BCUT2D eigenvalue weighted by molar-refractivity contribution is 4.98. The van der Waals surface area contributed by atoms with Crippen molar-refractivity contribution >= 4 is 0 Å². The van der Waals surface area contributed by atoms with Gasteiger partial charge in [-0.15, -0.1) is 0 Å². The zero-order valence-electron chi connectivity index (χ0n) is 6.35. The molecule has 0 aromatic carbocycles. The van der Waals surface area contributed by atoms with Crippen LogP contribution < -0.4 is 10.4 Å². The first kappa shape index (κ1) is 7.57. The molecule has 1 aliphatic heterocycles. The van der Waals surface area contributed by atoms with Crippen molar-refractivity contribution in [3.63, 3.8) is 0 Å². The van der Waals surface area contributed by atoms with E-state index in [-0.39, 0.29) is 0 Å². The first-order valence-electron chi connectivity index (χ1n) is 3.79. The summed E-state index contributed by atoms with van der Waals surface area (Å²) in [6.07, 6.45) is 3.03. The van der Waals surface area contributed by atoms with Gasteiger partial charge >= 0.3 is 0 Å². The molecule has 1 aliphatic rings. The van der Waals surface area contributed by atoms with Crippen molar-refractivity contribution in [1.29, 1.82) is 0 Å². The molecule has 10 heavy (non-hydrogen) atoms. The molecule has 0 radical (unpaired) electrons. The molecule has 0 saturated carbocycles. The normalized spacial score (nSPS) is 25.8. The lowest BCUT2D eigenvalue weighted by molar-refractivity contribution is -0.893. The summed E-state index contributed by atoms with van der Waals surface area (Å²) >= 11 is 0. The summed E-state index contributed by atoms with van der Waals surface area (Å²) in [7, 11) is 0. The number of rotatable bonds is 2. The van der Waals surface area contributed by atoms with E-state index in [9.17, 15) is 0 Å². The molecule has 0 spiro atoms. The summed E-state index contributed by atoms with van der Waals surface area (Å²) < 4.78 is 0. The van der Waals surface area contributed by atoms with E-state index in [1.165, 1.54) is 6.54 Å². The fourth-order valence-corrected chi connectivity index (χ4v) is 1.21. The van der Waals surface area contributed by atoms with Gasteiger partial charge in [0.1, 0.15) is 0 Å². The molecule has 0 bridgehead atoms. The van der Waals surface area contributed by atoms with Gasteiger partial charge in [0.05, 0.1) is 19.6 Å². The molecule has 3 heteroatoms. The van der Waals surface area contributed by atoms with Crippen LogP contribution in [-0.2, 0) is 0 Å². The van der Waals surface area contributed by atoms with Crippen LogP contribution in [0, 0.1) is 0 Å². The Morgan fingerprint density at radius 2 is 2.60 bits per heavy atom. The smallest absolute Gasteiger partial charge is 0.0978 e. The zero-order chi connectivity index (χ0) is 7.40. The fourth-order valence-electron chi connectivity index (χ4n) is 1.21. The maximum absolute atomic E-state index is 8.52. The van der Waals surface area contributed by atoms with Gasteiger partial charge in [-0.2, -0.15) is 0 Å². The van der Waals surface area contributed by atoms with E-state index < -0.39 is 0 Å². The molecule has 0 amide bonds. The third-order valence-corrected chi connectivity index (χ3v) is 2.03. The predicted molar refractivity (Wildman–Crippen MR) is 38.9 cm³/mol. The van der Waals surface area contributed by atoms with Gasteiger partial charge in [0, 0.05) is 12.1 Å². The molecule has 0 aromatic rings. The van der Waals surface area contributed by atoms with Gasteiger partial charge in [-0.05, 0) is 13.0 Å². The van der Waals surface area contributed by atoms with Crippen LogP contribution in [0.2, 0.25) is 0 Å². The number of nitrogens with one attached hydrogen (secondary N) is 2. The Morgan fingerprint density at radius 3 is 3.00 bits per heavy atom. The summed E-state index contributed by atoms with van der Waals surface area (Å²) in [5.41, 5.74) is 3.17. The molecular formula is C7H15N2O+. The molecule has 1 heterocycles. The molecule has 3 N–H and O–H groups in total.